The van der Waals surface area contributed by atoms with Crippen LogP contribution in [0.3, 0.4) is 0 Å². The molecule has 44 heavy (non-hydrogen) atoms. The molecule has 1 aromatic heterocycles. The highest BCUT2D eigenvalue weighted by molar-refractivity contribution is 5.56. The fraction of sp³-hybridized carbons (Fsp3) is 0.471. The first-order valence-corrected chi connectivity index (χ1v) is 9.69. The molecule has 4 nitrogen and oxygen atoms in total. The van der Waals surface area contributed by atoms with Crippen LogP contribution >= 0.6 is 0 Å². The maximum atomic E-state index is 14.0. The van der Waals surface area contributed by atoms with Crippen LogP contribution in [0.15, 0.2) is 0 Å². The number of alkyl halides is 18. The lowest BCUT2D eigenvalue weighted by Gasteiger charge is -2.39. The van der Waals surface area contributed by atoms with Gasteiger partial charge in [0.2, 0.25) is 11.8 Å². The molecule has 0 bridgehead atoms. The topological polar surface area (TPSA) is 50.7 Å². The molecule has 0 radical (unpaired) electrons. The number of benzene rings is 1. The van der Waals surface area contributed by atoms with Crippen molar-refractivity contribution in [3.05, 3.63) is 40.7 Å². The molecule has 250 valence electrons. The molecular formula is C17HF23N4. The van der Waals surface area contributed by atoms with Gasteiger partial charge in [-0.05, 0) is 0 Å². The maximum absolute atomic E-state index is 14.0. The highest BCUT2D eigenvalue weighted by Crippen LogP contribution is 2.62. The predicted octanol–water partition coefficient (Wildman–Crippen LogP) is 8.16. The van der Waals surface area contributed by atoms with Gasteiger partial charge >= 0.3 is 47.9 Å². The summed E-state index contributed by atoms with van der Waals surface area (Å²) in [7, 11) is 0. The number of halogens is 23. The SMILES string of the molecule is Fc1c(F)c(F)c(Nc2nc(C(C(F)(F)F)(C(F)(F)F)C(F)(F)F)nc(C(C(F)(F)F)(C(F)(F)F)C(F)(F)F)n2)c(F)c1F. The molecule has 2 rings (SSSR count). The largest absolute Gasteiger partial charge is 0.419 e. The third-order valence-electron chi connectivity index (χ3n) is 5.30. The van der Waals surface area contributed by atoms with Gasteiger partial charge in [-0.15, -0.1) is 0 Å². The highest BCUT2D eigenvalue weighted by atomic mass is 19.4. The van der Waals surface area contributed by atoms with Gasteiger partial charge < -0.3 is 5.32 Å². The molecule has 1 N–H and O–H groups in total. The van der Waals surface area contributed by atoms with E-state index in [1.54, 1.807) is 9.97 Å². The molecule has 0 unspecified atom stereocenters. The highest BCUT2D eigenvalue weighted by Gasteiger charge is 2.89. The summed E-state index contributed by atoms with van der Waals surface area (Å²) in [4.78, 5) is 4.15. The van der Waals surface area contributed by atoms with E-state index >= 15 is 0 Å². The van der Waals surface area contributed by atoms with Crippen LogP contribution < -0.4 is 5.32 Å². The van der Waals surface area contributed by atoms with Gasteiger partial charge in [0.15, 0.2) is 34.9 Å². The molecule has 1 aromatic carbocycles. The summed E-state index contributed by atoms with van der Waals surface area (Å²) in [5.74, 6) is -28.3. The van der Waals surface area contributed by atoms with Crippen molar-refractivity contribution in [2.75, 3.05) is 5.32 Å². The van der Waals surface area contributed by atoms with Gasteiger partial charge in [0.25, 0.3) is 0 Å². The van der Waals surface area contributed by atoms with Crippen LogP contribution in [0.25, 0.3) is 0 Å². The third kappa shape index (κ3) is 5.13. The lowest BCUT2D eigenvalue weighted by atomic mass is 9.82. The summed E-state index contributed by atoms with van der Waals surface area (Å²) >= 11 is 0. The van der Waals surface area contributed by atoms with E-state index in [0.29, 0.717) is 0 Å². The molecule has 1 heterocycles. The molecule has 27 heteroatoms. The smallest absolute Gasteiger partial charge is 0.319 e. The van der Waals surface area contributed by atoms with Gasteiger partial charge in [0, 0.05) is 0 Å². The fourth-order valence-electron chi connectivity index (χ4n) is 3.32. The second-order valence-electron chi connectivity index (χ2n) is 7.86. The molecule has 0 aliphatic heterocycles. The predicted molar refractivity (Wildman–Crippen MR) is 89.0 cm³/mol. The minimum atomic E-state index is -8.07. The first-order chi connectivity index (χ1) is 19.2. The summed E-state index contributed by atoms with van der Waals surface area (Å²) in [5, 5.41) is 0.220. The van der Waals surface area contributed by atoms with E-state index in [1.807, 2.05) is 0 Å². The standard InChI is InChI=1S/C17HF23N4/c18-1-2(19)4(21)6(5(22)3(1)20)41-9-43-7(10(12(23,24)25,13(26,27)28)14(29,30)31)42-8(44-9)11(15(32,33)34,16(35,36)37)17(38,39)40/h(H,41,42,43,44). The van der Waals surface area contributed by atoms with E-state index in [-0.39, 0.29) is 5.32 Å². The Morgan fingerprint density at radius 1 is 0.341 bits per heavy atom. The summed E-state index contributed by atoms with van der Waals surface area (Å²) < 4.78 is 312. The Morgan fingerprint density at radius 3 is 0.795 bits per heavy atom. The molecule has 0 saturated carbocycles. The molecule has 0 spiro atoms. The monoisotopic (exact) mass is 698 g/mol. The Kier molecular flexibility index (Phi) is 8.51. The van der Waals surface area contributed by atoms with Crippen molar-refractivity contribution in [2.45, 2.75) is 47.9 Å². The van der Waals surface area contributed by atoms with E-state index in [9.17, 15) is 101 Å². The number of nitrogens with zero attached hydrogens (tertiary/aromatic N) is 3. The van der Waals surface area contributed by atoms with E-state index in [2.05, 4.69) is 0 Å². The Bertz CT molecular complexity index is 1240. The van der Waals surface area contributed by atoms with Gasteiger partial charge in [-0.3, -0.25) is 0 Å². The number of rotatable bonds is 4. The molecule has 0 aliphatic carbocycles. The van der Waals surface area contributed by atoms with E-state index in [4.69, 9.17) is 0 Å². The van der Waals surface area contributed by atoms with E-state index in [1.165, 1.54) is 0 Å². The van der Waals surface area contributed by atoms with Crippen LogP contribution in [0, 0.1) is 29.1 Å². The average Bonchev–Trinajstić information content (AvgIpc) is 2.74. The Morgan fingerprint density at radius 2 is 0.568 bits per heavy atom. The second-order valence-corrected chi connectivity index (χ2v) is 7.86. The summed E-state index contributed by atoms with van der Waals surface area (Å²) in [6, 6.07) is 0. The minimum absolute atomic E-state index is 0.220. The average molecular weight is 698 g/mol. The van der Waals surface area contributed by atoms with Crippen LogP contribution in [-0.4, -0.2) is 52.0 Å². The van der Waals surface area contributed by atoms with Crippen molar-refractivity contribution in [3.63, 3.8) is 0 Å². The molecule has 0 amide bonds. The van der Waals surface area contributed by atoms with Crippen LogP contribution in [0.1, 0.15) is 11.6 Å². The van der Waals surface area contributed by atoms with Crippen LogP contribution in [0.2, 0.25) is 0 Å². The first kappa shape index (κ1) is 36.6. The molecular weight excluding hydrogens is 697 g/mol. The molecule has 0 aliphatic rings. The second kappa shape index (κ2) is 10.2. The fourth-order valence-corrected chi connectivity index (χ4v) is 3.32. The number of hydrogen-bond acceptors (Lipinski definition) is 4. The lowest BCUT2D eigenvalue weighted by Crippen LogP contribution is -2.66. The molecule has 0 atom stereocenters. The maximum Gasteiger partial charge on any atom is 0.419 e. The van der Waals surface area contributed by atoms with Crippen molar-refractivity contribution in [2.24, 2.45) is 0 Å². The van der Waals surface area contributed by atoms with Crippen LogP contribution in [0.4, 0.5) is 113 Å². The van der Waals surface area contributed by atoms with Crippen molar-refractivity contribution < 1.29 is 101 Å². The number of nitrogens with one attached hydrogen (secondary N) is 1. The number of hydrogen-bond donors (Lipinski definition) is 1. The number of aromatic nitrogens is 3. The summed E-state index contributed by atoms with van der Waals surface area (Å²) in [6.45, 7) is 0. The van der Waals surface area contributed by atoms with Gasteiger partial charge in [-0.2, -0.15) is 89.0 Å². The third-order valence-corrected chi connectivity index (χ3v) is 5.30. The van der Waals surface area contributed by atoms with Crippen molar-refractivity contribution in [1.82, 2.24) is 15.0 Å². The van der Waals surface area contributed by atoms with E-state index < -0.39 is 100 Å². The zero-order chi connectivity index (χ0) is 35.0. The van der Waals surface area contributed by atoms with Crippen molar-refractivity contribution in [1.29, 1.82) is 0 Å². The van der Waals surface area contributed by atoms with Crippen LogP contribution in [-0.2, 0) is 10.8 Å². The summed E-state index contributed by atoms with van der Waals surface area (Å²) in [5.41, 5.74) is -18.7. The Balaban J connectivity index is 3.39. The van der Waals surface area contributed by atoms with Crippen molar-refractivity contribution in [3.8, 4) is 0 Å². The molecule has 0 fully saturated rings. The first-order valence-electron chi connectivity index (χ1n) is 9.69. The van der Waals surface area contributed by atoms with E-state index in [0.717, 1.165) is 4.98 Å². The Hall–Kier alpha value is -3.58. The summed E-state index contributed by atoms with van der Waals surface area (Å²) in [6.07, 6.45) is -48.4. The quantitative estimate of drug-likeness (QED) is 0.199. The zero-order valence-electron chi connectivity index (χ0n) is 19.0. The normalized spacial score (nSPS) is 14.7. The molecule has 0 saturated heterocycles. The van der Waals surface area contributed by atoms with Crippen molar-refractivity contribution >= 4 is 11.6 Å². The zero-order valence-corrected chi connectivity index (χ0v) is 19.0. The van der Waals surface area contributed by atoms with Gasteiger partial charge in [0.05, 0.1) is 0 Å². The van der Waals surface area contributed by atoms with Gasteiger partial charge in [-0.25, -0.2) is 26.9 Å². The lowest BCUT2D eigenvalue weighted by molar-refractivity contribution is -0.391. The van der Waals surface area contributed by atoms with Gasteiger partial charge in [0.1, 0.15) is 5.69 Å². The Labute approximate surface area is 222 Å². The van der Waals surface area contributed by atoms with Crippen LogP contribution in [0.5, 0.6) is 0 Å². The number of anilines is 2. The van der Waals surface area contributed by atoms with Gasteiger partial charge in [-0.1, -0.05) is 0 Å². The minimum Gasteiger partial charge on any atom is -0.319 e. The molecule has 2 aromatic rings.